The lowest BCUT2D eigenvalue weighted by molar-refractivity contribution is -0.131. The molecule has 2 aromatic carbocycles. The van der Waals surface area contributed by atoms with E-state index in [0.29, 0.717) is 11.4 Å². The Labute approximate surface area is 206 Å². The zero-order valence-electron chi connectivity index (χ0n) is 19.6. The highest BCUT2D eigenvalue weighted by atomic mass is 19.1. The summed E-state index contributed by atoms with van der Waals surface area (Å²) in [7, 11) is 1.54. The van der Waals surface area contributed by atoms with Crippen molar-refractivity contribution in [1.29, 1.82) is 0 Å². The lowest BCUT2D eigenvalue weighted by atomic mass is 10.1. The molecule has 4 rings (SSSR count). The zero-order chi connectivity index (χ0) is 25.7. The van der Waals surface area contributed by atoms with E-state index in [0.717, 1.165) is 11.6 Å². The number of ether oxygens (including phenoxy) is 1. The van der Waals surface area contributed by atoms with Gasteiger partial charge in [-0.15, -0.1) is 0 Å². The van der Waals surface area contributed by atoms with Gasteiger partial charge in [-0.25, -0.2) is 8.78 Å². The Morgan fingerprint density at radius 3 is 2.50 bits per heavy atom. The number of hydrogen-bond donors (Lipinski definition) is 2. The Kier molecular flexibility index (Phi) is 7.57. The lowest BCUT2D eigenvalue weighted by Crippen LogP contribution is -2.52. The first kappa shape index (κ1) is 24.8. The highest BCUT2D eigenvalue weighted by Crippen LogP contribution is 2.28. The molecule has 36 heavy (non-hydrogen) atoms. The fourth-order valence-electron chi connectivity index (χ4n) is 3.94. The van der Waals surface area contributed by atoms with Crippen LogP contribution in [0.2, 0.25) is 0 Å². The summed E-state index contributed by atoms with van der Waals surface area (Å²) < 4.78 is 32.3. The van der Waals surface area contributed by atoms with Crippen molar-refractivity contribution in [3.8, 4) is 17.0 Å². The topological polar surface area (TPSA) is 108 Å². The summed E-state index contributed by atoms with van der Waals surface area (Å²) in [5.41, 5.74) is 1.46. The molecule has 2 heterocycles. The molecule has 11 heteroatoms. The number of halogens is 2. The van der Waals surface area contributed by atoms with Crippen LogP contribution in [0.5, 0.6) is 5.75 Å². The molecule has 1 aliphatic rings. The van der Waals surface area contributed by atoms with Gasteiger partial charge in [0.25, 0.3) is 11.8 Å². The fourth-order valence-corrected chi connectivity index (χ4v) is 3.94. The van der Waals surface area contributed by atoms with Crippen molar-refractivity contribution in [1.82, 2.24) is 25.3 Å². The molecule has 188 valence electrons. The SMILES string of the molecule is COc1ccccc1-c1cc(C(=O)NCC(=O)N2CCN(C(=O)c3cc(CF)ccc3F)CC2)[nH]n1. The first-order valence-electron chi connectivity index (χ1n) is 11.3. The minimum atomic E-state index is -0.797. The smallest absolute Gasteiger partial charge is 0.269 e. The highest BCUT2D eigenvalue weighted by molar-refractivity contribution is 5.96. The quantitative estimate of drug-likeness (QED) is 0.521. The molecule has 0 radical (unpaired) electrons. The van der Waals surface area contributed by atoms with Crippen LogP contribution in [-0.4, -0.2) is 77.6 Å². The van der Waals surface area contributed by atoms with E-state index in [2.05, 4.69) is 15.5 Å². The first-order chi connectivity index (χ1) is 17.4. The molecule has 0 saturated carbocycles. The summed E-state index contributed by atoms with van der Waals surface area (Å²) in [6.07, 6.45) is 0. The Bertz CT molecular complexity index is 1270. The van der Waals surface area contributed by atoms with E-state index in [-0.39, 0.29) is 55.5 Å². The van der Waals surface area contributed by atoms with Crippen molar-refractivity contribution < 1.29 is 27.9 Å². The minimum Gasteiger partial charge on any atom is -0.496 e. The molecule has 1 saturated heterocycles. The van der Waals surface area contributed by atoms with Crippen LogP contribution in [0.1, 0.15) is 26.4 Å². The summed E-state index contributed by atoms with van der Waals surface area (Å²) in [6.45, 7) is -0.182. The molecule has 1 aliphatic heterocycles. The average Bonchev–Trinajstić information content (AvgIpc) is 3.42. The molecular formula is C25H25F2N5O4. The number of nitrogens with zero attached hydrogens (tertiary/aromatic N) is 3. The van der Waals surface area contributed by atoms with Crippen molar-refractivity contribution in [2.45, 2.75) is 6.67 Å². The number of carbonyl (C=O) groups excluding carboxylic acids is 3. The molecule has 3 aromatic rings. The fraction of sp³-hybridized carbons (Fsp3) is 0.280. The molecule has 9 nitrogen and oxygen atoms in total. The van der Waals surface area contributed by atoms with Crippen LogP contribution in [0.3, 0.4) is 0 Å². The second kappa shape index (κ2) is 11.0. The molecule has 1 fully saturated rings. The monoisotopic (exact) mass is 497 g/mol. The predicted molar refractivity (Wildman–Crippen MR) is 127 cm³/mol. The lowest BCUT2D eigenvalue weighted by Gasteiger charge is -2.35. The molecule has 3 amide bonds. The molecule has 0 atom stereocenters. The molecule has 2 N–H and O–H groups in total. The summed E-state index contributed by atoms with van der Waals surface area (Å²) in [6, 6.07) is 12.4. The first-order valence-corrected chi connectivity index (χ1v) is 11.3. The Morgan fingerprint density at radius 2 is 1.78 bits per heavy atom. The number of alkyl halides is 1. The van der Waals surface area contributed by atoms with Gasteiger partial charge in [-0.3, -0.25) is 19.5 Å². The van der Waals surface area contributed by atoms with Crippen LogP contribution in [0.4, 0.5) is 8.78 Å². The molecule has 0 spiro atoms. The van der Waals surface area contributed by atoms with Crippen LogP contribution in [0, 0.1) is 5.82 Å². The zero-order valence-corrected chi connectivity index (χ0v) is 19.6. The van der Waals surface area contributed by atoms with Gasteiger partial charge in [0.15, 0.2) is 0 Å². The number of carbonyl (C=O) groups is 3. The number of nitrogens with one attached hydrogen (secondary N) is 2. The van der Waals surface area contributed by atoms with E-state index in [4.69, 9.17) is 4.74 Å². The molecule has 0 bridgehead atoms. The third-order valence-electron chi connectivity index (χ3n) is 5.94. The molecule has 0 aliphatic carbocycles. The highest BCUT2D eigenvalue weighted by Gasteiger charge is 2.27. The van der Waals surface area contributed by atoms with Gasteiger partial charge in [0, 0.05) is 31.7 Å². The van der Waals surface area contributed by atoms with Crippen LogP contribution in [0.15, 0.2) is 48.5 Å². The summed E-state index contributed by atoms with van der Waals surface area (Å²) in [4.78, 5) is 40.7. The minimum absolute atomic E-state index is 0.191. The number of hydrogen-bond acceptors (Lipinski definition) is 5. The van der Waals surface area contributed by atoms with Crippen LogP contribution in [-0.2, 0) is 11.5 Å². The molecule has 1 aromatic heterocycles. The second-order valence-electron chi connectivity index (χ2n) is 8.17. The van der Waals surface area contributed by atoms with Crippen LogP contribution in [0.25, 0.3) is 11.3 Å². The number of rotatable bonds is 7. The average molecular weight is 498 g/mol. The van der Waals surface area contributed by atoms with Crippen molar-refractivity contribution in [2.24, 2.45) is 0 Å². The number of H-pyrrole nitrogens is 1. The van der Waals surface area contributed by atoms with Crippen molar-refractivity contribution >= 4 is 17.7 Å². The number of amides is 3. The number of aromatic amines is 1. The van der Waals surface area contributed by atoms with Gasteiger partial charge >= 0.3 is 0 Å². The van der Waals surface area contributed by atoms with E-state index in [1.54, 1.807) is 19.2 Å². The standard InChI is InChI=1S/C25H25F2N5O4/c1-36-22-5-3-2-4-17(22)20-13-21(30-29-20)24(34)28-15-23(33)31-8-10-32(11-9-31)25(35)18-12-16(14-26)6-7-19(18)27/h2-7,12-13H,8-11,14-15H2,1H3,(H,28,34)(H,29,30). The van der Waals surface area contributed by atoms with E-state index >= 15 is 0 Å². The summed E-state index contributed by atoms with van der Waals surface area (Å²) >= 11 is 0. The van der Waals surface area contributed by atoms with Gasteiger partial charge < -0.3 is 19.9 Å². The number of benzene rings is 2. The maximum absolute atomic E-state index is 14.1. The summed E-state index contributed by atoms with van der Waals surface area (Å²) in [5, 5.41) is 9.39. The predicted octanol–water partition coefficient (Wildman–Crippen LogP) is 2.41. The second-order valence-corrected chi connectivity index (χ2v) is 8.17. The molecular weight excluding hydrogens is 472 g/mol. The van der Waals surface area contributed by atoms with Crippen LogP contribution >= 0.6 is 0 Å². The van der Waals surface area contributed by atoms with Crippen molar-refractivity contribution in [2.75, 3.05) is 39.8 Å². The maximum atomic E-state index is 14.1. The van der Waals surface area contributed by atoms with E-state index in [9.17, 15) is 23.2 Å². The van der Waals surface area contributed by atoms with Gasteiger partial charge in [-0.2, -0.15) is 5.10 Å². The normalized spacial score (nSPS) is 13.4. The van der Waals surface area contributed by atoms with Crippen molar-refractivity contribution in [3.05, 3.63) is 71.2 Å². The van der Waals surface area contributed by atoms with E-state index in [1.165, 1.54) is 21.9 Å². The number of methoxy groups -OCH3 is 1. The van der Waals surface area contributed by atoms with Gasteiger partial charge in [0.05, 0.1) is 24.9 Å². The van der Waals surface area contributed by atoms with Gasteiger partial charge in [-0.05, 0) is 35.9 Å². The largest absolute Gasteiger partial charge is 0.496 e. The Morgan fingerprint density at radius 1 is 1.06 bits per heavy atom. The Hall–Kier alpha value is -4.28. The molecule has 0 unspecified atom stereocenters. The van der Waals surface area contributed by atoms with Crippen LogP contribution < -0.4 is 10.1 Å². The van der Waals surface area contributed by atoms with E-state index in [1.807, 2.05) is 18.2 Å². The maximum Gasteiger partial charge on any atom is 0.269 e. The number of para-hydroxylation sites is 1. The van der Waals surface area contributed by atoms with Gasteiger partial charge in [0.1, 0.15) is 23.9 Å². The third-order valence-corrected chi connectivity index (χ3v) is 5.94. The van der Waals surface area contributed by atoms with Gasteiger partial charge in [-0.1, -0.05) is 18.2 Å². The van der Waals surface area contributed by atoms with Gasteiger partial charge in [0.2, 0.25) is 5.91 Å². The summed E-state index contributed by atoms with van der Waals surface area (Å²) in [5.74, 6) is -1.46. The van der Waals surface area contributed by atoms with E-state index < -0.39 is 24.3 Å². The Balaban J connectivity index is 1.29. The number of piperazine rings is 1. The number of aromatic nitrogens is 2. The third kappa shape index (κ3) is 5.35. The van der Waals surface area contributed by atoms with Crippen molar-refractivity contribution in [3.63, 3.8) is 0 Å².